The average Bonchev–Trinajstić information content (AvgIpc) is 3.96. The van der Waals surface area contributed by atoms with E-state index in [1.807, 2.05) is 66.7 Å². The minimum absolute atomic E-state index is 0.978. The van der Waals surface area contributed by atoms with E-state index in [1.165, 1.54) is 43.8 Å². The molecule has 0 spiro atoms. The summed E-state index contributed by atoms with van der Waals surface area (Å²) >= 11 is 3.31. The molecule has 12 rings (SSSR count). The number of imidazole rings is 2. The summed E-state index contributed by atoms with van der Waals surface area (Å²) < 4.78 is 7.75. The Kier molecular flexibility index (Phi) is 7.51. The minimum Gasteiger partial charge on any atom is -0.354 e. The molecule has 0 bridgehead atoms. The van der Waals surface area contributed by atoms with E-state index in [0.29, 0.717) is 0 Å². The number of benzene rings is 6. The molecule has 7 heteroatoms. The Morgan fingerprint density at radius 2 is 0.981 bits per heavy atom. The van der Waals surface area contributed by atoms with Gasteiger partial charge in [-0.1, -0.05) is 101 Å². The van der Waals surface area contributed by atoms with E-state index >= 15 is 0 Å². The lowest BCUT2D eigenvalue weighted by atomic mass is 10.1. The molecule has 1 N–H and O–H groups in total. The van der Waals surface area contributed by atoms with Crippen molar-refractivity contribution in [1.29, 1.82) is 0 Å². The highest BCUT2D eigenvalue weighted by Crippen LogP contribution is 2.35. The summed E-state index contributed by atoms with van der Waals surface area (Å²) in [7, 11) is 0. The average molecular weight is 748 g/mol. The van der Waals surface area contributed by atoms with Gasteiger partial charge in [-0.2, -0.15) is 0 Å². The molecule has 6 heterocycles. The third-order valence-corrected chi connectivity index (χ3v) is 10.3. The van der Waals surface area contributed by atoms with E-state index < -0.39 is 0 Å². The number of pyridine rings is 2. The molecule has 0 amide bonds. The molecule has 6 aromatic heterocycles. The summed E-state index contributed by atoms with van der Waals surface area (Å²) in [6.07, 6.45) is 4.13. The molecule has 0 aliphatic carbocycles. The fourth-order valence-corrected chi connectivity index (χ4v) is 7.71. The molecule has 12 aromatic rings. The molecule has 0 saturated carbocycles. The van der Waals surface area contributed by atoms with Gasteiger partial charge in [0, 0.05) is 55.1 Å². The largest absolute Gasteiger partial charge is 0.354 e. The number of halogens is 1. The zero-order valence-corrected chi connectivity index (χ0v) is 30.0. The molecule has 53 heavy (non-hydrogen) atoms. The number of hydrogen-bond acceptors (Lipinski definition) is 2. The fourth-order valence-electron chi connectivity index (χ4n) is 7.41. The fraction of sp³-hybridized carbons (Fsp3) is 0. The van der Waals surface area contributed by atoms with Gasteiger partial charge in [0.25, 0.3) is 0 Å². The summed E-state index contributed by atoms with van der Waals surface area (Å²) in [6.45, 7) is 0. The van der Waals surface area contributed by atoms with E-state index in [4.69, 9.17) is 9.97 Å². The van der Waals surface area contributed by atoms with Gasteiger partial charge in [-0.25, -0.2) is 9.97 Å². The van der Waals surface area contributed by atoms with Crippen LogP contribution in [0.25, 0.3) is 82.7 Å². The summed E-state index contributed by atoms with van der Waals surface area (Å²) in [6, 6.07) is 58.5. The summed E-state index contributed by atoms with van der Waals surface area (Å²) in [5.74, 6) is 0. The molecule has 0 aliphatic rings. The van der Waals surface area contributed by atoms with Crippen LogP contribution in [0.1, 0.15) is 0 Å². The van der Waals surface area contributed by atoms with Crippen molar-refractivity contribution in [1.82, 2.24) is 28.3 Å². The first-order valence-electron chi connectivity index (χ1n) is 17.5. The van der Waals surface area contributed by atoms with Gasteiger partial charge in [-0.15, -0.1) is 0 Å². The second kappa shape index (κ2) is 12.8. The lowest BCUT2D eigenvalue weighted by molar-refractivity contribution is 1.18. The predicted octanol–water partition coefficient (Wildman–Crippen LogP) is 12.2. The quantitative estimate of drug-likeness (QED) is 0.182. The van der Waals surface area contributed by atoms with Gasteiger partial charge in [0.15, 0.2) is 0 Å². The van der Waals surface area contributed by atoms with Crippen molar-refractivity contribution in [2.24, 2.45) is 0 Å². The highest BCUT2D eigenvalue weighted by atomic mass is 79.9. The van der Waals surface area contributed by atoms with Crippen LogP contribution < -0.4 is 0 Å². The number of fused-ring (bicyclic) bond motifs is 12. The molecule has 6 nitrogen and oxygen atoms in total. The lowest BCUT2D eigenvalue weighted by Crippen LogP contribution is -1.93. The van der Waals surface area contributed by atoms with Crippen molar-refractivity contribution < 1.29 is 0 Å². The third kappa shape index (κ3) is 5.41. The van der Waals surface area contributed by atoms with Crippen LogP contribution in [-0.2, 0) is 0 Å². The summed E-state index contributed by atoms with van der Waals surface area (Å²) in [5, 5.41) is 4.98. The number of nitrogens with zero attached hydrogens (tertiary/aromatic N) is 5. The van der Waals surface area contributed by atoms with Crippen LogP contribution in [0, 0.1) is 0 Å². The molecular formula is C46H31BrN6. The highest BCUT2D eigenvalue weighted by molar-refractivity contribution is 9.10. The summed E-state index contributed by atoms with van der Waals surface area (Å²) in [4.78, 5) is 13.0. The predicted molar refractivity (Wildman–Crippen MR) is 223 cm³/mol. The molecule has 0 unspecified atom stereocenters. The van der Waals surface area contributed by atoms with Crippen LogP contribution in [0.5, 0.6) is 0 Å². The maximum absolute atomic E-state index is 4.81. The van der Waals surface area contributed by atoms with Gasteiger partial charge in [0.05, 0.1) is 33.1 Å². The molecule has 0 aliphatic heterocycles. The van der Waals surface area contributed by atoms with Gasteiger partial charge < -0.3 is 9.55 Å². The molecule has 0 saturated heterocycles. The van der Waals surface area contributed by atoms with Crippen LogP contribution >= 0.6 is 15.9 Å². The number of hydrogen-bond donors (Lipinski definition) is 1. The van der Waals surface area contributed by atoms with Crippen LogP contribution in [0.2, 0.25) is 0 Å². The first-order valence-corrected chi connectivity index (χ1v) is 18.3. The Bertz CT molecular complexity index is 3150. The lowest BCUT2D eigenvalue weighted by Gasteiger charge is -2.07. The van der Waals surface area contributed by atoms with Crippen molar-refractivity contribution in [2.75, 3.05) is 0 Å². The van der Waals surface area contributed by atoms with Gasteiger partial charge in [0.1, 0.15) is 11.3 Å². The van der Waals surface area contributed by atoms with Crippen molar-refractivity contribution in [3.05, 3.63) is 187 Å². The van der Waals surface area contributed by atoms with E-state index in [1.54, 1.807) is 0 Å². The number of nitrogens with one attached hydrogen (secondary N) is 1. The van der Waals surface area contributed by atoms with E-state index in [-0.39, 0.29) is 0 Å². The maximum atomic E-state index is 4.81. The SMILES string of the molecule is Brc1ccccc1.c1ccc(-n2c3ccccc3c3cc4nc5ccccn5c4cc32)cc1.c1ccc2c(c1)[nH]c1cc3c(cc12)nc1ccccn13. The van der Waals surface area contributed by atoms with Gasteiger partial charge in [0.2, 0.25) is 0 Å². The zero-order chi connectivity index (χ0) is 35.3. The van der Waals surface area contributed by atoms with Crippen molar-refractivity contribution in [3.8, 4) is 5.69 Å². The first-order chi connectivity index (χ1) is 26.2. The molecule has 6 aromatic carbocycles. The molecule has 0 atom stereocenters. The van der Waals surface area contributed by atoms with E-state index in [9.17, 15) is 0 Å². The number of rotatable bonds is 1. The van der Waals surface area contributed by atoms with Gasteiger partial charge in [-0.05, 0) is 84.9 Å². The molecular weight excluding hydrogens is 716 g/mol. The number of aromatic nitrogens is 6. The molecule has 0 radical (unpaired) electrons. The standard InChI is InChI=1S/C23H15N3.C17H11N3.C6H5Br/c1-2-8-16(9-3-1)26-20-11-5-4-10-17(20)18-14-19-22(15-21(18)26)25-13-7-6-12-23(25)24-19;1-2-6-13-11(5-1)12-9-15-16(10-14(12)18-13)20-8-4-3-7-17(20)19-15;7-6-4-2-1-3-5-6/h1-15H;1-10,18H;1-5H. The van der Waals surface area contributed by atoms with Crippen molar-refractivity contribution >= 4 is 92.9 Å². The smallest absolute Gasteiger partial charge is 0.137 e. The van der Waals surface area contributed by atoms with Crippen LogP contribution in [-0.4, -0.2) is 28.3 Å². The van der Waals surface area contributed by atoms with Crippen LogP contribution in [0.4, 0.5) is 0 Å². The normalized spacial score (nSPS) is 11.5. The molecule has 252 valence electrons. The minimum atomic E-state index is 0.978. The zero-order valence-electron chi connectivity index (χ0n) is 28.4. The van der Waals surface area contributed by atoms with Crippen molar-refractivity contribution in [3.63, 3.8) is 0 Å². The number of H-pyrrole nitrogens is 1. The monoisotopic (exact) mass is 746 g/mol. The first kappa shape index (κ1) is 31.1. The van der Waals surface area contributed by atoms with Gasteiger partial charge >= 0.3 is 0 Å². The molecule has 0 fully saturated rings. The second-order valence-electron chi connectivity index (χ2n) is 13.0. The van der Waals surface area contributed by atoms with E-state index in [0.717, 1.165) is 43.4 Å². The summed E-state index contributed by atoms with van der Waals surface area (Å²) in [5.41, 5.74) is 12.2. The third-order valence-electron chi connectivity index (χ3n) is 9.78. The number of para-hydroxylation sites is 3. The number of aromatic amines is 1. The van der Waals surface area contributed by atoms with Crippen LogP contribution in [0.3, 0.4) is 0 Å². The Hall–Kier alpha value is -6.70. The Labute approximate surface area is 312 Å². The Morgan fingerprint density at radius 1 is 0.415 bits per heavy atom. The highest BCUT2D eigenvalue weighted by Gasteiger charge is 2.15. The Morgan fingerprint density at radius 3 is 1.66 bits per heavy atom. The Balaban J connectivity index is 0.000000114. The topological polar surface area (TPSA) is 55.3 Å². The van der Waals surface area contributed by atoms with Gasteiger partial charge in [-0.3, -0.25) is 8.80 Å². The van der Waals surface area contributed by atoms with Crippen LogP contribution in [0.15, 0.2) is 187 Å². The second-order valence-corrected chi connectivity index (χ2v) is 13.9. The van der Waals surface area contributed by atoms with E-state index in [2.05, 4.69) is 150 Å². The van der Waals surface area contributed by atoms with Crippen molar-refractivity contribution in [2.45, 2.75) is 0 Å². The maximum Gasteiger partial charge on any atom is 0.137 e.